The van der Waals surface area contributed by atoms with E-state index in [0.29, 0.717) is 38.8 Å². The Balaban J connectivity index is 3.46. The van der Waals surface area contributed by atoms with Crippen LogP contribution in [-0.4, -0.2) is 70.2 Å². The Labute approximate surface area is 133 Å². The van der Waals surface area contributed by atoms with E-state index < -0.39 is 11.8 Å². The van der Waals surface area contributed by atoms with E-state index in [4.69, 9.17) is 9.47 Å². The highest BCUT2D eigenvalue weighted by Crippen LogP contribution is 2.17. The van der Waals surface area contributed by atoms with Gasteiger partial charge in [0.1, 0.15) is 6.17 Å². The molecule has 1 unspecified atom stereocenters. The van der Waals surface area contributed by atoms with Crippen molar-refractivity contribution in [3.63, 3.8) is 0 Å². The topological polar surface area (TPSA) is 71.6 Å². The summed E-state index contributed by atoms with van der Waals surface area (Å²) in [6.45, 7) is 11.5. The predicted octanol–water partition coefficient (Wildman–Crippen LogP) is 0.470. The normalized spacial score (nSPS) is 13.4. The van der Waals surface area contributed by atoms with E-state index in [1.54, 1.807) is 13.8 Å². The molecular weight excluding hydrogens is 289 g/mol. The molecule has 0 aliphatic carbocycles. The van der Waals surface area contributed by atoms with Gasteiger partial charge in [-0.25, -0.2) is 4.39 Å². The third kappa shape index (κ3) is 11.9. The van der Waals surface area contributed by atoms with E-state index in [1.807, 2.05) is 0 Å². The van der Waals surface area contributed by atoms with Crippen LogP contribution in [0, 0.1) is 0 Å². The maximum Gasteiger partial charge on any atom is 0.207 e. The lowest BCUT2D eigenvalue weighted by Crippen LogP contribution is -2.43. The van der Waals surface area contributed by atoms with E-state index in [2.05, 4.69) is 29.8 Å². The number of halogens is 1. The van der Waals surface area contributed by atoms with Crippen LogP contribution in [0.3, 0.4) is 0 Å². The molecule has 0 spiro atoms. The highest BCUT2D eigenvalue weighted by atomic mass is 19.1. The van der Waals surface area contributed by atoms with Crippen molar-refractivity contribution in [2.45, 2.75) is 45.5 Å². The predicted molar refractivity (Wildman–Crippen MR) is 85.8 cm³/mol. The Morgan fingerprint density at radius 1 is 1.14 bits per heavy atom. The first-order valence-corrected chi connectivity index (χ1v) is 7.87. The summed E-state index contributed by atoms with van der Waals surface area (Å²) in [5, 5.41) is 8.77. The van der Waals surface area contributed by atoms with E-state index in [1.165, 1.54) is 0 Å². The van der Waals surface area contributed by atoms with Gasteiger partial charge < -0.3 is 25.4 Å². The van der Waals surface area contributed by atoms with Gasteiger partial charge in [-0.1, -0.05) is 13.8 Å². The molecule has 1 atom stereocenters. The van der Waals surface area contributed by atoms with Gasteiger partial charge in [0.15, 0.2) is 0 Å². The number of ether oxygens (including phenoxy) is 2. The van der Waals surface area contributed by atoms with Gasteiger partial charge in [0.05, 0.1) is 32.0 Å². The van der Waals surface area contributed by atoms with Gasteiger partial charge in [-0.15, -0.1) is 0 Å². The maximum atomic E-state index is 13.8. The van der Waals surface area contributed by atoms with Crippen molar-refractivity contribution < 1.29 is 18.7 Å². The molecule has 0 aliphatic heterocycles. The molecule has 1 amide bonds. The van der Waals surface area contributed by atoms with Crippen LogP contribution in [0.1, 0.15) is 27.7 Å². The highest BCUT2D eigenvalue weighted by Gasteiger charge is 2.29. The van der Waals surface area contributed by atoms with Crippen LogP contribution in [0.5, 0.6) is 0 Å². The highest BCUT2D eigenvalue weighted by molar-refractivity contribution is 5.45. The molecule has 0 aromatic carbocycles. The van der Waals surface area contributed by atoms with E-state index in [0.717, 1.165) is 13.1 Å². The Morgan fingerprint density at radius 3 is 2.41 bits per heavy atom. The maximum absolute atomic E-state index is 13.8. The minimum Gasteiger partial charge on any atom is -0.379 e. The van der Waals surface area contributed by atoms with E-state index in [-0.39, 0.29) is 6.54 Å². The monoisotopic (exact) mass is 321 g/mol. The molecule has 7 heteroatoms. The number of alkyl halides is 1. The molecule has 132 valence electrons. The number of nitrogens with one attached hydrogen (secondary N) is 3. The zero-order chi connectivity index (χ0) is 16.8. The number of carbonyl (C=O) groups excluding carboxylic acids is 1. The Morgan fingerprint density at radius 2 is 1.77 bits per heavy atom. The van der Waals surface area contributed by atoms with Crippen LogP contribution in [-0.2, 0) is 14.3 Å². The fraction of sp³-hybridized carbons (Fsp3) is 0.933. The lowest BCUT2D eigenvalue weighted by molar-refractivity contribution is -0.111. The van der Waals surface area contributed by atoms with Crippen LogP contribution in [0.15, 0.2) is 0 Å². The molecule has 0 saturated carbocycles. The Bertz CT molecular complexity index is 279. The van der Waals surface area contributed by atoms with Crippen molar-refractivity contribution >= 4 is 6.41 Å². The summed E-state index contributed by atoms with van der Waals surface area (Å²) >= 11 is 0. The number of amides is 1. The number of carbonyl (C=O) groups is 1. The fourth-order valence-corrected chi connectivity index (χ4v) is 1.67. The molecule has 22 heavy (non-hydrogen) atoms. The quantitative estimate of drug-likeness (QED) is 0.302. The second-order valence-corrected chi connectivity index (χ2v) is 5.92. The summed E-state index contributed by atoms with van der Waals surface area (Å²) in [6, 6.07) is 0.475. The van der Waals surface area contributed by atoms with Crippen molar-refractivity contribution in [1.29, 1.82) is 0 Å². The molecule has 0 aliphatic rings. The first-order chi connectivity index (χ1) is 10.4. The first-order valence-electron chi connectivity index (χ1n) is 7.87. The van der Waals surface area contributed by atoms with E-state index >= 15 is 0 Å². The number of hydrogen-bond acceptors (Lipinski definition) is 5. The lowest BCUT2D eigenvalue weighted by atomic mass is 10.0. The van der Waals surface area contributed by atoms with Gasteiger partial charge >= 0.3 is 0 Å². The summed E-state index contributed by atoms with van der Waals surface area (Å²) < 4.78 is 24.7. The summed E-state index contributed by atoms with van der Waals surface area (Å²) in [7, 11) is 0. The third-order valence-corrected chi connectivity index (χ3v) is 3.11. The largest absolute Gasteiger partial charge is 0.379 e. The van der Waals surface area contributed by atoms with Crippen LogP contribution < -0.4 is 16.0 Å². The van der Waals surface area contributed by atoms with Crippen LogP contribution in [0.25, 0.3) is 0 Å². The van der Waals surface area contributed by atoms with E-state index in [9.17, 15) is 9.18 Å². The van der Waals surface area contributed by atoms with Crippen molar-refractivity contribution in [2.24, 2.45) is 0 Å². The van der Waals surface area contributed by atoms with Gasteiger partial charge in [0, 0.05) is 25.7 Å². The van der Waals surface area contributed by atoms with Crippen LogP contribution >= 0.6 is 0 Å². The molecule has 3 N–H and O–H groups in total. The Hall–Kier alpha value is -0.760. The molecule has 0 fully saturated rings. The van der Waals surface area contributed by atoms with Crippen LogP contribution in [0.4, 0.5) is 4.39 Å². The molecule has 6 nitrogen and oxygen atoms in total. The smallest absolute Gasteiger partial charge is 0.207 e. The summed E-state index contributed by atoms with van der Waals surface area (Å²) in [6.07, 6.45) is -0.754. The molecular formula is C15H32FN3O3. The minimum atomic E-state index is -1.24. The van der Waals surface area contributed by atoms with Gasteiger partial charge in [0.25, 0.3) is 0 Å². The molecule has 0 aromatic rings. The molecule has 0 bridgehead atoms. The minimum absolute atomic E-state index is 0.0395. The second-order valence-electron chi connectivity index (χ2n) is 5.92. The van der Waals surface area contributed by atoms with Crippen molar-refractivity contribution in [1.82, 2.24) is 16.0 Å². The molecule has 0 heterocycles. The van der Waals surface area contributed by atoms with Crippen molar-refractivity contribution in [3.05, 3.63) is 0 Å². The fourth-order valence-electron chi connectivity index (χ4n) is 1.67. The standard InChI is InChI=1S/C15H32FN3O3/c1-13(2)19-7-9-21-8-5-17-6-10-22-15(3,4)14(16)11-18-12-20/h12-14,17,19H,5-11H2,1-4H3,(H,18,20). The summed E-state index contributed by atoms with van der Waals surface area (Å²) in [5.41, 5.74) is -0.920. The lowest BCUT2D eigenvalue weighted by Gasteiger charge is -2.29. The number of rotatable bonds is 15. The zero-order valence-electron chi connectivity index (χ0n) is 14.3. The molecule has 0 aromatic heterocycles. The Kier molecular flexibility index (Phi) is 12.3. The summed E-state index contributed by atoms with van der Waals surface area (Å²) in [4.78, 5) is 10.2. The number of hydrogen-bond donors (Lipinski definition) is 3. The van der Waals surface area contributed by atoms with Gasteiger partial charge in [-0.2, -0.15) is 0 Å². The second kappa shape index (κ2) is 12.8. The molecule has 0 radical (unpaired) electrons. The zero-order valence-corrected chi connectivity index (χ0v) is 14.3. The van der Waals surface area contributed by atoms with Gasteiger partial charge in [-0.3, -0.25) is 4.79 Å². The van der Waals surface area contributed by atoms with Gasteiger partial charge in [0.2, 0.25) is 6.41 Å². The van der Waals surface area contributed by atoms with Crippen LogP contribution in [0.2, 0.25) is 0 Å². The van der Waals surface area contributed by atoms with Crippen molar-refractivity contribution in [2.75, 3.05) is 46.0 Å². The van der Waals surface area contributed by atoms with Gasteiger partial charge in [-0.05, 0) is 13.8 Å². The first kappa shape index (κ1) is 21.2. The average molecular weight is 321 g/mol. The van der Waals surface area contributed by atoms with Crippen molar-refractivity contribution in [3.8, 4) is 0 Å². The molecule has 0 rings (SSSR count). The summed E-state index contributed by atoms with van der Waals surface area (Å²) in [5.74, 6) is 0. The molecule has 0 saturated heterocycles. The SMILES string of the molecule is CC(C)NCCOCCNCCOC(C)(C)C(F)CNC=O. The average Bonchev–Trinajstić information content (AvgIpc) is 2.46. The third-order valence-electron chi connectivity index (χ3n) is 3.11.